The number of carbonyl (C=O) groups is 4. The monoisotopic (exact) mass is 1270 g/mol. The molecule has 0 saturated carbocycles. The highest BCUT2D eigenvalue weighted by Crippen LogP contribution is 2.43. The minimum absolute atomic E-state index is 0.0235. The zero-order valence-corrected chi connectivity index (χ0v) is 52.0. The Morgan fingerprint density at radius 3 is 2.20 bits per heavy atom. The van der Waals surface area contributed by atoms with E-state index in [1.807, 2.05) is 61.0 Å². The Morgan fingerprint density at radius 2 is 1.53 bits per heavy atom. The maximum absolute atomic E-state index is 15.7. The second kappa shape index (κ2) is 26.0. The van der Waals surface area contributed by atoms with E-state index in [1.54, 1.807) is 18.2 Å². The molecule has 87 heavy (non-hydrogen) atoms. The van der Waals surface area contributed by atoms with Crippen molar-refractivity contribution in [3.8, 4) is 0 Å². The first-order chi connectivity index (χ1) is 41.2. The fraction of sp³-hybridized carbons (Fsp3) is 0.429. The second-order valence-electron chi connectivity index (χ2n) is 24.2. The number of carbonyl (C=O) groups excluding carboxylic acids is 4. The van der Waals surface area contributed by atoms with E-state index in [2.05, 4.69) is 56.2 Å². The predicted octanol–water partition coefficient (Wildman–Crippen LogP) is 10.00. The quantitative estimate of drug-likeness (QED) is 0.0402. The number of hydrogen-bond acceptors (Lipinski definition) is 14. The number of piperazine rings is 2. The number of allylic oxidation sites excluding steroid dienone is 1. The lowest BCUT2D eigenvalue weighted by atomic mass is 9.73. The molecule has 4 heterocycles. The van der Waals surface area contributed by atoms with Gasteiger partial charge in [-0.3, -0.25) is 34.3 Å². The smallest absolute Gasteiger partial charge is 0.380 e. The standard InChI is InChI=1S/C63H71ClF4N8O8S3/c1-40-34-73(35-41(2)75(40)36-42-30-45-38-76(61(80)58(45)53(65)31-42)55-20-21-57(77)70-60(55)79)25-23-48(39-85-50-8-6-5-7-9-50)69-54-19-18-51(32-56(54)86(81,82)63(66,67)68)87(83,84)71-59(78)44-12-16-49(17-13-44)74-28-26-72(27-29-74)37-46-33-62(3,4)24-22-52(46)43-10-14-47(64)15-11-43/h5-19,30-32,40-41,48,55,69H,20-29,33-39H2,1-4H3,(H,71,78)(H,70,77,79)/t40?,41?,48-,55?/m1/s1. The molecule has 16 nitrogen and oxygen atoms in total. The summed E-state index contributed by atoms with van der Waals surface area (Å²) in [5.41, 5.74) is -0.326. The van der Waals surface area contributed by atoms with E-state index in [0.717, 1.165) is 61.6 Å². The van der Waals surface area contributed by atoms with Crippen LogP contribution in [0.4, 0.5) is 28.9 Å². The van der Waals surface area contributed by atoms with Crippen molar-refractivity contribution in [3.63, 3.8) is 0 Å². The van der Waals surface area contributed by atoms with Crippen LogP contribution < -0.4 is 20.3 Å². The molecular weight excluding hydrogens is 1200 g/mol. The van der Waals surface area contributed by atoms with Gasteiger partial charge in [0, 0.05) is 117 Å². The van der Waals surface area contributed by atoms with Gasteiger partial charge in [0.25, 0.3) is 31.7 Å². The minimum Gasteiger partial charge on any atom is -0.380 e. The molecule has 3 unspecified atom stereocenters. The van der Waals surface area contributed by atoms with E-state index in [-0.39, 0.29) is 53.8 Å². The van der Waals surface area contributed by atoms with Crippen LogP contribution in [0.25, 0.3) is 5.57 Å². The van der Waals surface area contributed by atoms with Gasteiger partial charge in [-0.05, 0) is 146 Å². The van der Waals surface area contributed by atoms with Crippen LogP contribution in [0.15, 0.2) is 129 Å². The molecule has 3 saturated heterocycles. The number of sulfone groups is 1. The number of nitrogens with zero attached hydrogens (tertiary/aromatic N) is 5. The van der Waals surface area contributed by atoms with Crippen molar-refractivity contribution in [1.82, 2.24) is 29.6 Å². The summed E-state index contributed by atoms with van der Waals surface area (Å²) >= 11 is 7.61. The Labute approximate surface area is 515 Å². The van der Waals surface area contributed by atoms with Crippen LogP contribution in [-0.2, 0) is 42.5 Å². The molecule has 4 atom stereocenters. The molecule has 5 aromatic carbocycles. The average molecular weight is 1280 g/mol. The van der Waals surface area contributed by atoms with E-state index in [0.29, 0.717) is 67.9 Å². The highest BCUT2D eigenvalue weighted by molar-refractivity contribution is 7.99. The topological polar surface area (TPSA) is 189 Å². The van der Waals surface area contributed by atoms with Gasteiger partial charge in [0.05, 0.1) is 16.1 Å². The van der Waals surface area contributed by atoms with Gasteiger partial charge in [0.15, 0.2) is 0 Å². The molecule has 5 aromatic rings. The lowest BCUT2D eigenvalue weighted by Gasteiger charge is -2.45. The third-order valence-corrected chi connectivity index (χ3v) is 21.5. The zero-order chi connectivity index (χ0) is 62.2. The number of amides is 4. The van der Waals surface area contributed by atoms with Crippen LogP contribution in [-0.4, -0.2) is 148 Å². The molecular formula is C63H71ClF4N8O8S3. The molecule has 0 spiro atoms. The summed E-state index contributed by atoms with van der Waals surface area (Å²) in [4.78, 5) is 60.3. The lowest BCUT2D eigenvalue weighted by molar-refractivity contribution is -0.136. The summed E-state index contributed by atoms with van der Waals surface area (Å²) in [6.07, 6.45) is 3.62. The number of rotatable bonds is 19. The van der Waals surface area contributed by atoms with Gasteiger partial charge in [0.1, 0.15) is 16.8 Å². The number of alkyl halides is 3. The second-order valence-corrected chi connectivity index (χ2v) is 29.3. The first-order valence-electron chi connectivity index (χ1n) is 29.2. The lowest BCUT2D eigenvalue weighted by Crippen LogP contribution is -2.56. The summed E-state index contributed by atoms with van der Waals surface area (Å²) < 4.78 is 116. The Balaban J connectivity index is 0.786. The van der Waals surface area contributed by atoms with Crippen LogP contribution in [0.3, 0.4) is 0 Å². The summed E-state index contributed by atoms with van der Waals surface area (Å²) in [7, 11) is -11.1. The number of benzene rings is 5. The largest absolute Gasteiger partial charge is 0.501 e. The van der Waals surface area contributed by atoms with E-state index in [1.165, 1.54) is 51.6 Å². The van der Waals surface area contributed by atoms with Gasteiger partial charge in [-0.15, -0.1) is 11.8 Å². The molecule has 0 aromatic heterocycles. The summed E-state index contributed by atoms with van der Waals surface area (Å²) in [5.74, 6) is -3.11. The van der Waals surface area contributed by atoms with Crippen LogP contribution in [0.1, 0.15) is 104 Å². The molecule has 464 valence electrons. The van der Waals surface area contributed by atoms with Crippen molar-refractivity contribution >= 4 is 83.8 Å². The number of anilines is 2. The van der Waals surface area contributed by atoms with Crippen molar-refractivity contribution in [2.24, 2.45) is 5.41 Å². The molecule has 24 heteroatoms. The third kappa shape index (κ3) is 14.7. The highest BCUT2D eigenvalue weighted by atomic mass is 35.5. The van der Waals surface area contributed by atoms with Gasteiger partial charge in [-0.25, -0.2) is 25.9 Å². The van der Waals surface area contributed by atoms with E-state index < -0.39 is 82.4 Å². The molecule has 3 fully saturated rings. The number of nitrogens with one attached hydrogen (secondary N) is 3. The fourth-order valence-electron chi connectivity index (χ4n) is 12.6. The number of imide groups is 1. The average Bonchev–Trinajstić information content (AvgIpc) is 1.99. The maximum atomic E-state index is 15.7. The molecule has 0 radical (unpaired) electrons. The zero-order valence-electron chi connectivity index (χ0n) is 48.8. The SMILES string of the molecule is CC1CN(CC[C@H](CSc2ccccc2)Nc2ccc(S(=O)(=O)NC(=O)c3ccc(N4CCN(CC5=C(c6ccc(Cl)cc6)CCC(C)(C)C5)CC4)cc3)cc2S(=O)(=O)C(F)(F)F)CC(C)N1Cc1cc(F)c2c(c1)CN(C1CCC(=O)NC1=O)C2=O. The van der Waals surface area contributed by atoms with E-state index >= 15 is 4.39 Å². The molecule has 0 bridgehead atoms. The number of fused-ring (bicyclic) bond motifs is 1. The Hall–Kier alpha value is -6.34. The van der Waals surface area contributed by atoms with Crippen LogP contribution in [0.2, 0.25) is 5.02 Å². The van der Waals surface area contributed by atoms with Crippen molar-refractivity contribution in [3.05, 3.63) is 153 Å². The molecule has 3 N–H and O–H groups in total. The number of thioether (sulfide) groups is 1. The first kappa shape index (κ1) is 63.7. The first-order valence-corrected chi connectivity index (χ1v) is 33.5. The van der Waals surface area contributed by atoms with Crippen molar-refractivity contribution in [1.29, 1.82) is 0 Å². The normalized spacial score (nSPS) is 21.2. The van der Waals surface area contributed by atoms with Crippen molar-refractivity contribution in [2.75, 3.05) is 68.3 Å². The van der Waals surface area contributed by atoms with Gasteiger partial charge in [-0.2, -0.15) is 13.2 Å². The fourth-order valence-corrected chi connectivity index (χ4v) is 15.8. The van der Waals surface area contributed by atoms with E-state index in [9.17, 15) is 49.2 Å². The number of piperidine rings is 1. The Bertz CT molecular complexity index is 3670. The third-order valence-electron chi connectivity index (χ3n) is 17.3. The predicted molar refractivity (Wildman–Crippen MR) is 328 cm³/mol. The van der Waals surface area contributed by atoms with Gasteiger partial charge < -0.3 is 20.0 Å². The Kier molecular flexibility index (Phi) is 19.0. The van der Waals surface area contributed by atoms with Gasteiger partial charge >= 0.3 is 5.51 Å². The maximum Gasteiger partial charge on any atom is 0.501 e. The van der Waals surface area contributed by atoms with Gasteiger partial charge in [-0.1, -0.05) is 67.4 Å². The minimum atomic E-state index is -6.18. The molecule has 5 aliphatic rings. The summed E-state index contributed by atoms with van der Waals surface area (Å²) in [6, 6.07) is 27.4. The van der Waals surface area contributed by atoms with Crippen LogP contribution in [0, 0.1) is 11.2 Å². The molecule has 1 aliphatic carbocycles. The molecule has 10 rings (SSSR count). The van der Waals surface area contributed by atoms with Gasteiger partial charge in [0.2, 0.25) is 11.8 Å². The van der Waals surface area contributed by atoms with Crippen molar-refractivity contribution < 1.29 is 53.6 Å². The number of halogens is 5. The highest BCUT2D eigenvalue weighted by Gasteiger charge is 2.49. The number of hydrogen-bond donors (Lipinski definition) is 3. The van der Waals surface area contributed by atoms with Crippen LogP contribution in [0.5, 0.6) is 0 Å². The number of sulfonamides is 1. The summed E-state index contributed by atoms with van der Waals surface area (Å²) in [6.45, 7) is 14.3. The van der Waals surface area contributed by atoms with Crippen LogP contribution >= 0.6 is 23.4 Å². The molecule has 4 amide bonds. The van der Waals surface area contributed by atoms with Crippen molar-refractivity contribution in [2.45, 2.75) is 124 Å². The Morgan fingerprint density at radius 1 is 0.839 bits per heavy atom. The molecule has 4 aliphatic heterocycles. The summed E-state index contributed by atoms with van der Waals surface area (Å²) in [5, 5.41) is 5.99. The van der Waals surface area contributed by atoms with E-state index in [4.69, 9.17) is 11.6 Å².